The van der Waals surface area contributed by atoms with Crippen molar-refractivity contribution in [3.8, 4) is 0 Å². The Kier molecular flexibility index (Phi) is 4.79. The number of hydrogen-bond donors (Lipinski definition) is 2. The van der Waals surface area contributed by atoms with Crippen LogP contribution in [-0.2, 0) is 6.42 Å². The molecule has 0 bridgehead atoms. The van der Waals surface area contributed by atoms with Gasteiger partial charge in [-0.1, -0.05) is 17.7 Å². The van der Waals surface area contributed by atoms with E-state index in [2.05, 4.69) is 15.5 Å². The highest BCUT2D eigenvalue weighted by Crippen LogP contribution is 2.18. The summed E-state index contributed by atoms with van der Waals surface area (Å²) < 4.78 is 0. The second-order valence-corrected chi connectivity index (χ2v) is 5.20. The second kappa shape index (κ2) is 6.57. The summed E-state index contributed by atoms with van der Waals surface area (Å²) in [6.07, 6.45) is 3.61. The summed E-state index contributed by atoms with van der Waals surface area (Å²) in [5, 5.41) is 10.4. The maximum Gasteiger partial charge on any atom is 0.251 e. The molecule has 1 heterocycles. The summed E-state index contributed by atoms with van der Waals surface area (Å²) in [6, 6.07) is 5.37. The number of carbonyl (C=O) groups is 1. The van der Waals surface area contributed by atoms with Crippen molar-refractivity contribution in [2.75, 3.05) is 6.54 Å². The number of nitrogens with one attached hydrogen (secondary N) is 2. The van der Waals surface area contributed by atoms with Gasteiger partial charge in [-0.15, -0.1) is 0 Å². The molecule has 0 unspecified atom stereocenters. The SMILES string of the molecule is Cc1[nH]ncc1CCCNC(=O)c1cccc(Cl)c1C. The molecule has 0 spiro atoms. The Balaban J connectivity index is 1.84. The molecule has 0 radical (unpaired) electrons. The Hall–Kier alpha value is -1.81. The van der Waals surface area contributed by atoms with Gasteiger partial charge in [0.2, 0.25) is 0 Å². The normalized spacial score (nSPS) is 10.6. The summed E-state index contributed by atoms with van der Waals surface area (Å²) in [6.45, 7) is 4.48. The van der Waals surface area contributed by atoms with Gasteiger partial charge in [0.1, 0.15) is 0 Å². The predicted octanol–water partition coefficient (Wildman–Crippen LogP) is 3.04. The van der Waals surface area contributed by atoms with Crippen molar-refractivity contribution in [1.29, 1.82) is 0 Å². The molecular weight excluding hydrogens is 274 g/mol. The molecule has 2 N–H and O–H groups in total. The van der Waals surface area contributed by atoms with Crippen LogP contribution >= 0.6 is 11.6 Å². The van der Waals surface area contributed by atoms with E-state index in [1.165, 1.54) is 5.56 Å². The van der Waals surface area contributed by atoms with Gasteiger partial charge in [0.15, 0.2) is 0 Å². The van der Waals surface area contributed by atoms with Crippen LogP contribution < -0.4 is 5.32 Å². The number of hydrogen-bond acceptors (Lipinski definition) is 2. The fraction of sp³-hybridized carbons (Fsp3) is 0.333. The third-order valence-electron chi connectivity index (χ3n) is 3.36. The van der Waals surface area contributed by atoms with Gasteiger partial charge < -0.3 is 5.32 Å². The first kappa shape index (κ1) is 14.6. The van der Waals surface area contributed by atoms with Gasteiger partial charge in [0, 0.05) is 22.8 Å². The van der Waals surface area contributed by atoms with Gasteiger partial charge in [0.05, 0.1) is 6.20 Å². The van der Waals surface area contributed by atoms with Crippen molar-refractivity contribution < 1.29 is 4.79 Å². The van der Waals surface area contributed by atoms with Crippen molar-refractivity contribution in [3.05, 3.63) is 51.8 Å². The lowest BCUT2D eigenvalue weighted by Gasteiger charge is -2.08. The predicted molar refractivity (Wildman–Crippen MR) is 80.2 cm³/mol. The monoisotopic (exact) mass is 291 g/mol. The van der Waals surface area contributed by atoms with E-state index in [9.17, 15) is 4.79 Å². The van der Waals surface area contributed by atoms with Crippen LogP contribution in [0.5, 0.6) is 0 Å². The van der Waals surface area contributed by atoms with Crippen LogP contribution in [0.25, 0.3) is 0 Å². The number of carbonyl (C=O) groups excluding carboxylic acids is 1. The molecule has 0 aliphatic heterocycles. The molecule has 1 aromatic carbocycles. The zero-order valence-corrected chi connectivity index (χ0v) is 12.4. The minimum atomic E-state index is -0.0751. The molecular formula is C15H18ClN3O. The molecule has 4 nitrogen and oxygen atoms in total. The lowest BCUT2D eigenvalue weighted by molar-refractivity contribution is 0.0952. The summed E-state index contributed by atoms with van der Waals surface area (Å²) >= 11 is 6.01. The number of aryl methyl sites for hydroxylation is 2. The minimum Gasteiger partial charge on any atom is -0.352 e. The Labute approximate surface area is 123 Å². The first-order chi connectivity index (χ1) is 9.59. The molecule has 0 saturated heterocycles. The number of benzene rings is 1. The van der Waals surface area contributed by atoms with Crippen molar-refractivity contribution in [2.24, 2.45) is 0 Å². The Morgan fingerprint density at radius 3 is 2.90 bits per heavy atom. The molecule has 1 aromatic heterocycles. The number of halogens is 1. The van der Waals surface area contributed by atoms with Crippen LogP contribution in [0.2, 0.25) is 5.02 Å². The van der Waals surface area contributed by atoms with Crippen LogP contribution in [-0.4, -0.2) is 22.6 Å². The minimum absolute atomic E-state index is 0.0751. The summed E-state index contributed by atoms with van der Waals surface area (Å²) in [7, 11) is 0. The van der Waals surface area contributed by atoms with Crippen LogP contribution in [0.15, 0.2) is 24.4 Å². The van der Waals surface area contributed by atoms with E-state index in [1.54, 1.807) is 18.2 Å². The average molecular weight is 292 g/mol. The van der Waals surface area contributed by atoms with E-state index in [0.29, 0.717) is 17.1 Å². The molecule has 2 rings (SSSR count). The molecule has 106 valence electrons. The van der Waals surface area contributed by atoms with Crippen LogP contribution in [0.1, 0.15) is 33.6 Å². The van der Waals surface area contributed by atoms with Gasteiger partial charge >= 0.3 is 0 Å². The smallest absolute Gasteiger partial charge is 0.251 e. The summed E-state index contributed by atoms with van der Waals surface area (Å²) in [5.74, 6) is -0.0751. The van der Waals surface area contributed by atoms with Gasteiger partial charge in [-0.2, -0.15) is 5.10 Å². The zero-order valence-electron chi connectivity index (χ0n) is 11.7. The first-order valence-electron chi connectivity index (χ1n) is 6.61. The van der Waals surface area contributed by atoms with Gasteiger partial charge in [0.25, 0.3) is 5.91 Å². The molecule has 0 atom stereocenters. The molecule has 0 saturated carbocycles. The van der Waals surface area contributed by atoms with E-state index in [1.807, 2.05) is 20.0 Å². The Bertz CT molecular complexity index is 607. The zero-order chi connectivity index (χ0) is 14.5. The third kappa shape index (κ3) is 3.39. The van der Waals surface area contributed by atoms with E-state index < -0.39 is 0 Å². The maximum absolute atomic E-state index is 12.1. The number of H-pyrrole nitrogens is 1. The van der Waals surface area contributed by atoms with Crippen LogP contribution in [0.3, 0.4) is 0 Å². The summed E-state index contributed by atoms with van der Waals surface area (Å²) in [4.78, 5) is 12.1. The first-order valence-corrected chi connectivity index (χ1v) is 6.99. The molecule has 1 amide bonds. The number of aromatic nitrogens is 2. The van der Waals surface area contributed by atoms with E-state index >= 15 is 0 Å². The lowest BCUT2D eigenvalue weighted by Crippen LogP contribution is -2.25. The number of aromatic amines is 1. The van der Waals surface area contributed by atoms with E-state index in [4.69, 9.17) is 11.6 Å². The molecule has 20 heavy (non-hydrogen) atoms. The molecule has 5 heteroatoms. The van der Waals surface area contributed by atoms with Crippen molar-refractivity contribution in [3.63, 3.8) is 0 Å². The third-order valence-corrected chi connectivity index (χ3v) is 3.76. The Morgan fingerprint density at radius 1 is 1.40 bits per heavy atom. The molecule has 2 aromatic rings. The van der Waals surface area contributed by atoms with Crippen molar-refractivity contribution in [2.45, 2.75) is 26.7 Å². The lowest BCUT2D eigenvalue weighted by atomic mass is 10.1. The Morgan fingerprint density at radius 2 is 2.20 bits per heavy atom. The van der Waals surface area contributed by atoms with Gasteiger partial charge in [-0.05, 0) is 49.9 Å². The number of rotatable bonds is 5. The highest BCUT2D eigenvalue weighted by Gasteiger charge is 2.10. The number of nitrogens with zero attached hydrogens (tertiary/aromatic N) is 1. The van der Waals surface area contributed by atoms with E-state index in [-0.39, 0.29) is 5.91 Å². The largest absolute Gasteiger partial charge is 0.352 e. The molecule has 0 aliphatic rings. The average Bonchev–Trinajstić information content (AvgIpc) is 2.83. The maximum atomic E-state index is 12.1. The van der Waals surface area contributed by atoms with Gasteiger partial charge in [-0.25, -0.2) is 0 Å². The van der Waals surface area contributed by atoms with E-state index in [0.717, 1.165) is 24.1 Å². The summed E-state index contributed by atoms with van der Waals surface area (Å²) in [5.41, 5.74) is 3.73. The quantitative estimate of drug-likeness (QED) is 0.832. The van der Waals surface area contributed by atoms with Gasteiger partial charge in [-0.3, -0.25) is 9.89 Å². The fourth-order valence-corrected chi connectivity index (χ4v) is 2.23. The van der Waals surface area contributed by atoms with Crippen molar-refractivity contribution >= 4 is 17.5 Å². The fourth-order valence-electron chi connectivity index (χ4n) is 2.06. The number of amides is 1. The second-order valence-electron chi connectivity index (χ2n) is 4.79. The molecule has 0 aliphatic carbocycles. The highest BCUT2D eigenvalue weighted by molar-refractivity contribution is 6.31. The topological polar surface area (TPSA) is 57.8 Å². The van der Waals surface area contributed by atoms with Crippen molar-refractivity contribution in [1.82, 2.24) is 15.5 Å². The standard InChI is InChI=1S/C15H18ClN3O/c1-10-13(6-3-7-14(10)16)15(20)17-8-4-5-12-9-18-19-11(12)2/h3,6-7,9H,4-5,8H2,1-2H3,(H,17,20)(H,18,19). The molecule has 0 fully saturated rings. The van der Waals surface area contributed by atoms with Crippen LogP contribution in [0, 0.1) is 13.8 Å². The van der Waals surface area contributed by atoms with Crippen LogP contribution in [0.4, 0.5) is 0 Å². The highest BCUT2D eigenvalue weighted by atomic mass is 35.5.